The summed E-state index contributed by atoms with van der Waals surface area (Å²) in [7, 11) is 0. The zero-order valence-corrected chi connectivity index (χ0v) is 26.8. The van der Waals surface area contributed by atoms with Crippen molar-refractivity contribution in [3.8, 4) is 0 Å². The summed E-state index contributed by atoms with van der Waals surface area (Å²) in [5, 5.41) is 21.4. The summed E-state index contributed by atoms with van der Waals surface area (Å²) in [6.45, 7) is 2.44. The van der Waals surface area contributed by atoms with Crippen LogP contribution in [0.15, 0.2) is 65.5 Å². The molecule has 0 unspecified atom stereocenters. The smallest absolute Gasteiger partial charge is 0.273 e. The molecule has 1 fully saturated rings. The van der Waals surface area contributed by atoms with Crippen LogP contribution in [0.5, 0.6) is 0 Å². The first-order chi connectivity index (χ1) is 23.2. The largest absolute Gasteiger partial charge is 0.446 e. The fourth-order valence-electron chi connectivity index (χ4n) is 5.87. The molecule has 14 heteroatoms. The Bertz CT molecular complexity index is 1570. The van der Waals surface area contributed by atoms with Crippen LogP contribution in [-0.2, 0) is 20.8 Å². The average molecular weight is 660 g/mol. The Morgan fingerprint density at radius 1 is 1.00 bits per heavy atom. The van der Waals surface area contributed by atoms with Crippen molar-refractivity contribution in [3.05, 3.63) is 83.8 Å². The van der Waals surface area contributed by atoms with Crippen LogP contribution in [-0.4, -0.2) is 87.3 Å². The number of hydrogen-bond donors (Lipinski definition) is 5. The quantitative estimate of drug-likeness (QED) is 0.259. The first kappa shape index (κ1) is 34.2. The molecule has 14 nitrogen and oxygen atoms in total. The van der Waals surface area contributed by atoms with Crippen LogP contribution < -0.4 is 21.3 Å². The zero-order valence-electron chi connectivity index (χ0n) is 26.8. The number of oxazole rings is 1. The van der Waals surface area contributed by atoms with Gasteiger partial charge in [-0.25, -0.2) is 4.98 Å². The molecule has 4 heterocycles. The first-order valence-corrected chi connectivity index (χ1v) is 16.3. The van der Waals surface area contributed by atoms with Crippen LogP contribution in [0.1, 0.15) is 77.4 Å². The van der Waals surface area contributed by atoms with E-state index in [2.05, 4.69) is 31.2 Å². The Kier molecular flexibility index (Phi) is 11.5. The molecule has 0 radical (unpaired) electrons. The van der Waals surface area contributed by atoms with Crippen molar-refractivity contribution < 1.29 is 33.5 Å². The minimum absolute atomic E-state index is 0.0683. The minimum Gasteiger partial charge on any atom is -0.446 e. The molecular weight excluding hydrogens is 618 g/mol. The van der Waals surface area contributed by atoms with Crippen LogP contribution in [0, 0.1) is 5.92 Å². The molecule has 1 saturated heterocycles. The topological polar surface area (TPSA) is 196 Å². The summed E-state index contributed by atoms with van der Waals surface area (Å²) < 4.78 is 5.67. The van der Waals surface area contributed by atoms with E-state index in [1.54, 1.807) is 29.4 Å². The Morgan fingerprint density at radius 3 is 2.44 bits per heavy atom. The number of hydrogen-bond acceptors (Lipinski definition) is 9. The third-order valence-electron chi connectivity index (χ3n) is 8.64. The molecule has 0 aliphatic carbocycles. The van der Waals surface area contributed by atoms with Gasteiger partial charge >= 0.3 is 0 Å². The predicted octanol–water partition coefficient (Wildman–Crippen LogP) is 1.29. The lowest BCUT2D eigenvalue weighted by Gasteiger charge is -2.32. The Morgan fingerprint density at radius 2 is 1.73 bits per heavy atom. The second kappa shape index (κ2) is 16.1. The molecule has 2 aliphatic heterocycles. The highest BCUT2D eigenvalue weighted by molar-refractivity contribution is 5.96. The molecule has 5 amide bonds. The van der Waals surface area contributed by atoms with E-state index >= 15 is 0 Å². The molecule has 2 aromatic heterocycles. The molecule has 0 spiro atoms. The number of fused-ring (bicyclic) bond motifs is 2. The second-order valence-corrected chi connectivity index (χ2v) is 12.2. The Labute approximate surface area is 278 Å². The number of pyridine rings is 1. The lowest BCUT2D eigenvalue weighted by molar-refractivity contribution is -0.132. The fraction of sp³-hybridized carbons (Fsp3) is 0.441. The summed E-state index contributed by atoms with van der Waals surface area (Å²) in [5.74, 6) is -2.43. The lowest BCUT2D eigenvalue weighted by Crippen LogP contribution is -2.53. The third-order valence-corrected chi connectivity index (χ3v) is 8.64. The van der Waals surface area contributed by atoms with E-state index in [0.717, 1.165) is 11.8 Å². The van der Waals surface area contributed by atoms with Crippen molar-refractivity contribution >= 4 is 29.5 Å². The van der Waals surface area contributed by atoms with Gasteiger partial charge in [0.25, 0.3) is 11.8 Å². The molecule has 3 aromatic rings. The number of nitrogens with zero attached hydrogens (tertiary/aromatic N) is 3. The summed E-state index contributed by atoms with van der Waals surface area (Å²) in [5.41, 5.74) is 1.29. The van der Waals surface area contributed by atoms with Gasteiger partial charge in [-0.2, -0.15) is 0 Å². The van der Waals surface area contributed by atoms with E-state index in [4.69, 9.17) is 4.42 Å². The molecule has 5 rings (SSSR count). The van der Waals surface area contributed by atoms with Gasteiger partial charge in [0.05, 0.1) is 6.10 Å². The summed E-state index contributed by atoms with van der Waals surface area (Å²) in [6, 6.07) is 9.78. The van der Waals surface area contributed by atoms with Gasteiger partial charge in [0, 0.05) is 49.9 Å². The van der Waals surface area contributed by atoms with E-state index in [1.165, 1.54) is 6.92 Å². The van der Waals surface area contributed by atoms with E-state index in [1.807, 2.05) is 30.3 Å². The Balaban J connectivity index is 1.32. The standard InChI is InChI=1S/C34H41N7O7/c1-21(42)28-32(46)36-14-6-5-9-25(37-29(43)23-12-17-41(18-13-23)34(47)24-10-15-35-16-11-24)30(44)38-26(19-22-7-3-2-4-8-22)33-39-27(20-48-33)31(45)40-28/h2-4,7-8,10-11,15-16,20-21,23,25-26,28,42H,5-6,9,12-14,17-19H2,1H3,(H,36,46)(H,37,43)(H,38,44)(H,40,45)/t21-,25+,26+,28+/m1/s1. The summed E-state index contributed by atoms with van der Waals surface area (Å²) >= 11 is 0. The summed E-state index contributed by atoms with van der Waals surface area (Å²) in [4.78, 5) is 76.0. The fourth-order valence-corrected chi connectivity index (χ4v) is 5.87. The monoisotopic (exact) mass is 659 g/mol. The van der Waals surface area contributed by atoms with Gasteiger partial charge in [-0.15, -0.1) is 0 Å². The number of likely N-dealkylation sites (tertiary alicyclic amines) is 1. The van der Waals surface area contributed by atoms with Crippen molar-refractivity contribution in [3.63, 3.8) is 0 Å². The SMILES string of the molecule is C[C@@H](O)[C@@H]1NC(=O)c2coc(n2)[C@H](Cc2ccccc2)NC(=O)[C@@H](NC(=O)C2CCN(C(=O)c3ccncc3)CC2)CCCCNC1=O. The van der Waals surface area contributed by atoms with E-state index in [-0.39, 0.29) is 48.7 Å². The van der Waals surface area contributed by atoms with Gasteiger partial charge < -0.3 is 35.7 Å². The van der Waals surface area contributed by atoms with Gasteiger partial charge in [-0.05, 0) is 56.7 Å². The zero-order chi connectivity index (χ0) is 34.0. The number of piperidine rings is 1. The van der Waals surface area contributed by atoms with E-state index in [9.17, 15) is 29.1 Å². The number of benzene rings is 1. The van der Waals surface area contributed by atoms with E-state index < -0.39 is 42.0 Å². The normalized spacial score (nSPS) is 22.2. The summed E-state index contributed by atoms with van der Waals surface area (Å²) in [6.07, 6.45) is 5.53. The molecule has 1 aromatic carbocycles. The molecule has 0 saturated carbocycles. The maximum absolute atomic E-state index is 13.8. The number of aliphatic hydroxyl groups excluding tert-OH is 1. The van der Waals surface area contributed by atoms with Crippen molar-refractivity contribution in [2.45, 2.75) is 69.7 Å². The van der Waals surface area contributed by atoms with E-state index in [0.29, 0.717) is 44.3 Å². The highest BCUT2D eigenvalue weighted by atomic mass is 16.3. The molecule has 4 atom stereocenters. The number of aliphatic hydroxyl groups is 1. The second-order valence-electron chi connectivity index (χ2n) is 12.2. The molecule has 254 valence electrons. The molecule has 2 bridgehead atoms. The molecule has 5 N–H and O–H groups in total. The molecule has 2 aliphatic rings. The maximum Gasteiger partial charge on any atom is 0.273 e. The number of carbonyl (C=O) groups is 5. The number of carbonyl (C=O) groups excluding carboxylic acids is 5. The van der Waals surface area contributed by atoms with Crippen LogP contribution in [0.4, 0.5) is 0 Å². The van der Waals surface area contributed by atoms with Gasteiger partial charge in [-0.3, -0.25) is 29.0 Å². The highest BCUT2D eigenvalue weighted by Crippen LogP contribution is 2.22. The van der Waals surface area contributed by atoms with Crippen LogP contribution in [0.3, 0.4) is 0 Å². The van der Waals surface area contributed by atoms with Crippen LogP contribution in [0.2, 0.25) is 0 Å². The molecular formula is C34H41N7O7. The van der Waals surface area contributed by atoms with Crippen LogP contribution >= 0.6 is 0 Å². The van der Waals surface area contributed by atoms with Crippen LogP contribution in [0.25, 0.3) is 0 Å². The predicted molar refractivity (Wildman–Crippen MR) is 172 cm³/mol. The number of aromatic nitrogens is 2. The van der Waals surface area contributed by atoms with Crippen molar-refractivity contribution in [2.24, 2.45) is 5.92 Å². The lowest BCUT2D eigenvalue weighted by atomic mass is 9.94. The average Bonchev–Trinajstić information content (AvgIpc) is 3.60. The maximum atomic E-state index is 13.8. The van der Waals surface area contributed by atoms with Gasteiger partial charge in [0.2, 0.25) is 23.6 Å². The Hall–Kier alpha value is -5.11. The first-order valence-electron chi connectivity index (χ1n) is 16.3. The van der Waals surface area contributed by atoms with Gasteiger partial charge in [0.15, 0.2) is 5.69 Å². The highest BCUT2D eigenvalue weighted by Gasteiger charge is 2.33. The van der Waals surface area contributed by atoms with Crippen molar-refractivity contribution in [2.75, 3.05) is 19.6 Å². The van der Waals surface area contributed by atoms with Crippen molar-refractivity contribution in [1.82, 2.24) is 36.1 Å². The van der Waals surface area contributed by atoms with Gasteiger partial charge in [-0.1, -0.05) is 30.3 Å². The number of nitrogens with one attached hydrogen (secondary N) is 4. The number of amides is 5. The third kappa shape index (κ3) is 8.82. The minimum atomic E-state index is -1.22. The van der Waals surface area contributed by atoms with Gasteiger partial charge in [0.1, 0.15) is 24.4 Å². The number of rotatable bonds is 6. The van der Waals surface area contributed by atoms with Crippen molar-refractivity contribution in [1.29, 1.82) is 0 Å². The molecule has 48 heavy (non-hydrogen) atoms.